The van der Waals surface area contributed by atoms with E-state index in [0.29, 0.717) is 6.42 Å². The topological polar surface area (TPSA) is 35.1 Å². The van der Waals surface area contributed by atoms with Crippen molar-refractivity contribution in [3.8, 4) is 0 Å². The summed E-state index contributed by atoms with van der Waals surface area (Å²) in [6.45, 7) is 1.76. The molecule has 0 fully saturated rings. The molecule has 12 heavy (non-hydrogen) atoms. The minimum absolute atomic E-state index is 0. The number of aromatic nitrogens is 2. The van der Waals surface area contributed by atoms with Gasteiger partial charge in [0.1, 0.15) is 6.20 Å². The highest BCUT2D eigenvalue weighted by Crippen LogP contribution is 1.82. The Balaban J connectivity index is 0.00000121. The Kier molecular flexibility index (Phi) is 4.36. The van der Waals surface area contributed by atoms with Crippen LogP contribution < -0.4 is 21.8 Å². The van der Waals surface area contributed by atoms with Crippen LogP contribution in [0.25, 0.3) is 0 Å². The van der Waals surface area contributed by atoms with Crippen molar-refractivity contribution in [2.24, 2.45) is 7.05 Å². The molecule has 0 saturated carbocycles. The average Bonchev–Trinajstić information content (AvgIpc) is 2.35. The Bertz CT molecular complexity index is 260. The van der Waals surface area contributed by atoms with Crippen LogP contribution in [-0.4, -0.2) is 10.7 Å². The number of hydrogen-bond donors (Lipinski definition) is 0. The first kappa shape index (κ1) is 11.0. The van der Waals surface area contributed by atoms with Gasteiger partial charge in [-0.05, 0) is 4.73 Å². The van der Waals surface area contributed by atoms with E-state index in [1.165, 1.54) is 4.73 Å². The van der Waals surface area contributed by atoms with Gasteiger partial charge in [0, 0.05) is 6.42 Å². The summed E-state index contributed by atoms with van der Waals surface area (Å²) >= 11 is 0. The summed E-state index contributed by atoms with van der Waals surface area (Å²) in [7, 11) is 1.86. The molecule has 0 aromatic carbocycles. The lowest BCUT2D eigenvalue weighted by molar-refractivity contribution is -0.671. The molecule has 0 amide bonds. The van der Waals surface area contributed by atoms with Crippen LogP contribution in [0.5, 0.6) is 0 Å². The number of nitrogens with zero attached hydrogens (tertiary/aromatic N) is 2. The zero-order chi connectivity index (χ0) is 8.27. The van der Waals surface area contributed by atoms with Crippen LogP contribution >= 0.6 is 0 Å². The zero-order valence-electron chi connectivity index (χ0n) is 7.03. The third-order valence-corrected chi connectivity index (χ3v) is 1.24. The molecule has 1 heterocycles. The molecule has 0 radical (unpaired) electrons. The van der Waals surface area contributed by atoms with Gasteiger partial charge in [0.25, 0.3) is 6.33 Å². The molecule has 1 aromatic rings. The molecule has 4 nitrogen and oxygen atoms in total. The van der Waals surface area contributed by atoms with E-state index in [4.69, 9.17) is 4.84 Å². The first-order valence-corrected chi connectivity index (χ1v) is 3.46. The largest absolute Gasteiger partial charge is 1.00 e. The fourth-order valence-electron chi connectivity index (χ4n) is 0.663. The fourth-order valence-corrected chi connectivity index (χ4v) is 0.663. The van der Waals surface area contributed by atoms with E-state index in [-0.39, 0.29) is 18.4 Å². The van der Waals surface area contributed by atoms with Gasteiger partial charge in [-0.3, -0.25) is 4.84 Å². The number of rotatable bonds is 2. The molecular weight excluding hydrogens is 180 g/mol. The van der Waals surface area contributed by atoms with Gasteiger partial charge in [-0.1, -0.05) is 6.92 Å². The number of carbonyl (C=O) groups excluding carboxylic acids is 1. The van der Waals surface area contributed by atoms with Crippen molar-refractivity contribution in [3.63, 3.8) is 0 Å². The second-order valence-corrected chi connectivity index (χ2v) is 2.26. The van der Waals surface area contributed by atoms with Crippen molar-refractivity contribution in [1.82, 2.24) is 4.73 Å². The molecule has 0 saturated heterocycles. The van der Waals surface area contributed by atoms with Crippen molar-refractivity contribution in [2.45, 2.75) is 13.3 Å². The van der Waals surface area contributed by atoms with E-state index in [9.17, 15) is 4.79 Å². The molecule has 1 aromatic heterocycles. The lowest BCUT2D eigenvalue weighted by Crippen LogP contribution is -3.00. The van der Waals surface area contributed by atoms with Crippen LogP contribution in [0.1, 0.15) is 13.3 Å². The van der Waals surface area contributed by atoms with Gasteiger partial charge in [-0.2, -0.15) is 0 Å². The summed E-state index contributed by atoms with van der Waals surface area (Å²) < 4.78 is 3.18. The summed E-state index contributed by atoms with van der Waals surface area (Å²) in [5.41, 5.74) is 0. The third kappa shape index (κ3) is 2.92. The highest BCUT2D eigenvalue weighted by atomic mass is 35.5. The van der Waals surface area contributed by atoms with Crippen molar-refractivity contribution < 1.29 is 26.6 Å². The lowest BCUT2D eigenvalue weighted by atomic mass is 10.5. The normalized spacial score (nSPS) is 8.83. The molecule has 5 heteroatoms. The van der Waals surface area contributed by atoms with Crippen LogP contribution in [-0.2, 0) is 11.8 Å². The summed E-state index contributed by atoms with van der Waals surface area (Å²) in [5.74, 6) is -0.235. The van der Waals surface area contributed by atoms with Crippen LogP contribution in [0.3, 0.4) is 0 Å². The van der Waals surface area contributed by atoms with E-state index in [1.54, 1.807) is 30.2 Å². The van der Waals surface area contributed by atoms with Crippen molar-refractivity contribution in [1.29, 1.82) is 0 Å². The Morgan fingerprint density at radius 1 is 1.67 bits per heavy atom. The van der Waals surface area contributed by atoms with Gasteiger partial charge < -0.3 is 12.4 Å². The van der Waals surface area contributed by atoms with Gasteiger partial charge in [0.2, 0.25) is 0 Å². The monoisotopic (exact) mass is 190 g/mol. The highest BCUT2D eigenvalue weighted by molar-refractivity contribution is 5.69. The Hall–Kier alpha value is -1.03. The van der Waals surface area contributed by atoms with Crippen LogP contribution in [0.15, 0.2) is 18.7 Å². The lowest BCUT2D eigenvalue weighted by Gasteiger charge is -1.92. The maximum atomic E-state index is 10.7. The first-order chi connectivity index (χ1) is 5.22. The van der Waals surface area contributed by atoms with E-state index in [1.807, 2.05) is 7.05 Å². The minimum atomic E-state index is -0.235. The number of aryl methyl sites for hydroxylation is 1. The molecule has 0 unspecified atom stereocenters. The molecule has 68 valence electrons. The van der Waals surface area contributed by atoms with E-state index in [0.717, 1.165) is 0 Å². The summed E-state index contributed by atoms with van der Waals surface area (Å²) in [4.78, 5) is 15.6. The van der Waals surface area contributed by atoms with E-state index < -0.39 is 0 Å². The van der Waals surface area contributed by atoms with Gasteiger partial charge >= 0.3 is 5.97 Å². The number of carbonyl (C=O) groups is 1. The van der Waals surface area contributed by atoms with Crippen molar-refractivity contribution in [2.75, 3.05) is 0 Å². The van der Waals surface area contributed by atoms with Crippen molar-refractivity contribution >= 4 is 5.97 Å². The molecule has 0 bridgehead atoms. The molecule has 0 aliphatic carbocycles. The Labute approximate surface area is 77.1 Å². The maximum absolute atomic E-state index is 10.7. The molecule has 0 aliphatic heterocycles. The fraction of sp³-hybridized carbons (Fsp3) is 0.429. The number of imidazole rings is 1. The zero-order valence-corrected chi connectivity index (χ0v) is 7.78. The first-order valence-electron chi connectivity index (χ1n) is 3.46. The highest BCUT2D eigenvalue weighted by Gasteiger charge is 2.05. The van der Waals surface area contributed by atoms with Crippen LogP contribution in [0.2, 0.25) is 0 Å². The SMILES string of the molecule is CCC(=O)On1cc[n+](C)c1.[Cl-]. The molecule has 0 N–H and O–H groups in total. The second-order valence-electron chi connectivity index (χ2n) is 2.26. The smallest absolute Gasteiger partial charge is 0.357 e. The Morgan fingerprint density at radius 3 is 2.75 bits per heavy atom. The second kappa shape index (κ2) is 4.77. The number of halogens is 1. The van der Waals surface area contributed by atoms with Crippen molar-refractivity contribution in [3.05, 3.63) is 18.7 Å². The van der Waals surface area contributed by atoms with Gasteiger partial charge in [0.15, 0.2) is 6.20 Å². The molecule has 1 rings (SSSR count). The minimum Gasteiger partial charge on any atom is -1.00 e. The summed E-state index contributed by atoms with van der Waals surface area (Å²) in [6, 6.07) is 0. The third-order valence-electron chi connectivity index (χ3n) is 1.24. The van der Waals surface area contributed by atoms with Gasteiger partial charge in [0.05, 0.1) is 7.05 Å². The molecule has 0 spiro atoms. The summed E-state index contributed by atoms with van der Waals surface area (Å²) in [6.07, 6.45) is 5.53. The standard InChI is InChI=1S/C7H11N2O2.ClH/c1-3-7(10)11-9-5-4-8(2)6-9;/h4-6H,3H2,1-2H3;1H/q+1;/p-1. The Morgan fingerprint density at radius 2 is 2.33 bits per heavy atom. The van der Waals surface area contributed by atoms with E-state index >= 15 is 0 Å². The average molecular weight is 191 g/mol. The predicted molar refractivity (Wildman–Crippen MR) is 37.5 cm³/mol. The number of hydrogen-bond acceptors (Lipinski definition) is 2. The maximum Gasteiger partial charge on any atom is 0.357 e. The van der Waals surface area contributed by atoms with Crippen LogP contribution in [0, 0.1) is 0 Å². The van der Waals surface area contributed by atoms with Crippen LogP contribution in [0.4, 0.5) is 0 Å². The molecular formula is C7H11ClN2O2. The molecule has 0 aliphatic rings. The van der Waals surface area contributed by atoms with Gasteiger partial charge in [-0.25, -0.2) is 9.36 Å². The summed E-state index contributed by atoms with van der Waals surface area (Å²) in [5, 5.41) is 0. The quantitative estimate of drug-likeness (QED) is 0.458. The molecule has 0 atom stereocenters. The van der Waals surface area contributed by atoms with Gasteiger partial charge in [-0.15, -0.1) is 0 Å². The van der Waals surface area contributed by atoms with E-state index in [2.05, 4.69) is 0 Å². The predicted octanol–water partition coefficient (Wildman–Crippen LogP) is -3.32.